The summed E-state index contributed by atoms with van der Waals surface area (Å²) < 4.78 is 55.4. The Morgan fingerprint density at radius 1 is 1.00 bits per heavy atom. The quantitative estimate of drug-likeness (QED) is 0.763. The summed E-state index contributed by atoms with van der Waals surface area (Å²) in [5.41, 5.74) is 4.29. The summed E-state index contributed by atoms with van der Waals surface area (Å²) in [6, 6.07) is 10.3. The van der Waals surface area contributed by atoms with Gasteiger partial charge in [0.15, 0.2) is 0 Å². The third-order valence-electron chi connectivity index (χ3n) is 2.61. The second-order valence-electron chi connectivity index (χ2n) is 4.42. The van der Waals surface area contributed by atoms with Gasteiger partial charge in [0.1, 0.15) is 0 Å². The molecule has 0 saturated heterocycles. The highest BCUT2D eigenvalue weighted by Crippen LogP contribution is 2.25. The molecular formula is C13H17NO6S3. The van der Waals surface area contributed by atoms with Crippen molar-refractivity contribution >= 4 is 31.6 Å². The lowest BCUT2D eigenvalue weighted by atomic mass is 10.1. The summed E-state index contributed by atoms with van der Waals surface area (Å²) in [6.07, 6.45) is 1.06. The molecule has 0 unspecified atom stereocenters. The van der Waals surface area contributed by atoms with E-state index < -0.39 is 31.7 Å². The van der Waals surface area contributed by atoms with Crippen LogP contribution >= 0.6 is 11.3 Å². The van der Waals surface area contributed by atoms with E-state index in [1.165, 1.54) is 10.4 Å². The first-order valence-electron chi connectivity index (χ1n) is 6.50. The van der Waals surface area contributed by atoms with Crippen molar-refractivity contribution in [2.24, 2.45) is 0 Å². The highest BCUT2D eigenvalue weighted by Gasteiger charge is 2.11. The summed E-state index contributed by atoms with van der Waals surface area (Å²) >= 11 is 1.73. The zero-order valence-corrected chi connectivity index (χ0v) is 14.7. The Balaban J connectivity index is 0.000000241. The molecule has 0 spiro atoms. The van der Waals surface area contributed by atoms with Gasteiger partial charge in [-0.25, -0.2) is 4.98 Å². The molecule has 1 aromatic heterocycles. The molecule has 2 aromatic rings. The van der Waals surface area contributed by atoms with E-state index in [1.807, 2.05) is 23.7 Å². The highest BCUT2D eigenvalue weighted by atomic mass is 32.2. The van der Waals surface area contributed by atoms with E-state index in [0.717, 1.165) is 12.1 Å². The van der Waals surface area contributed by atoms with Crippen LogP contribution in [0.1, 0.15) is 11.8 Å². The molecule has 128 valence electrons. The summed E-state index contributed by atoms with van der Waals surface area (Å²) in [7, 11) is -8.59. The molecule has 0 aliphatic carbocycles. The number of rotatable bonds is 5. The number of hydrogen-bond acceptors (Lipinski definition) is 6. The summed E-state index contributed by atoms with van der Waals surface area (Å²) in [6.45, 7) is 2.17. The maximum atomic E-state index is 9.86. The van der Waals surface area contributed by atoms with E-state index in [0.29, 0.717) is 0 Å². The lowest BCUT2D eigenvalue weighted by Gasteiger charge is -1.98. The van der Waals surface area contributed by atoms with Crippen LogP contribution in [0.3, 0.4) is 0 Å². The summed E-state index contributed by atoms with van der Waals surface area (Å²) in [4.78, 5) is 5.74. The van der Waals surface area contributed by atoms with Gasteiger partial charge in [0.25, 0.3) is 20.2 Å². The van der Waals surface area contributed by atoms with Crippen molar-refractivity contribution in [3.63, 3.8) is 0 Å². The number of thiazole rings is 1. The van der Waals surface area contributed by atoms with Crippen LogP contribution in [-0.4, -0.2) is 42.4 Å². The molecule has 0 fully saturated rings. The topological polar surface area (TPSA) is 122 Å². The summed E-state index contributed by atoms with van der Waals surface area (Å²) in [5, 5.41) is 0. The lowest BCUT2D eigenvalue weighted by molar-refractivity contribution is 0.472. The fourth-order valence-corrected chi connectivity index (χ4v) is 3.98. The largest absolute Gasteiger partial charge is 0.286 e. The molecule has 0 amide bonds. The van der Waals surface area contributed by atoms with Crippen LogP contribution in [0, 0.1) is 0 Å². The van der Waals surface area contributed by atoms with Gasteiger partial charge in [-0.1, -0.05) is 37.3 Å². The Bertz CT molecular complexity index is 780. The minimum Gasteiger partial charge on any atom is -0.286 e. The third kappa shape index (κ3) is 8.18. The van der Waals surface area contributed by atoms with Crippen LogP contribution < -0.4 is 0 Å². The Morgan fingerprint density at radius 3 is 1.96 bits per heavy atom. The Kier molecular flexibility index (Phi) is 7.29. The molecule has 2 rings (SSSR count). The van der Waals surface area contributed by atoms with Crippen molar-refractivity contribution in [3.05, 3.63) is 40.7 Å². The monoisotopic (exact) mass is 379 g/mol. The maximum Gasteiger partial charge on any atom is 0.265 e. The van der Waals surface area contributed by atoms with Crippen molar-refractivity contribution in [2.75, 3.05) is 11.5 Å². The highest BCUT2D eigenvalue weighted by molar-refractivity contribution is 7.89. The Labute approximate surface area is 139 Å². The van der Waals surface area contributed by atoms with Crippen LogP contribution in [0.5, 0.6) is 0 Å². The van der Waals surface area contributed by atoms with Crippen molar-refractivity contribution in [2.45, 2.75) is 13.3 Å². The SMILES string of the molecule is CCc1scnc1-c1ccccc1.O=S(=O)(O)CCS(=O)(=O)O. The van der Waals surface area contributed by atoms with Crippen molar-refractivity contribution in [1.82, 2.24) is 4.98 Å². The number of benzene rings is 1. The van der Waals surface area contributed by atoms with Gasteiger partial charge in [-0.2, -0.15) is 16.8 Å². The van der Waals surface area contributed by atoms with Crippen LogP contribution in [0.4, 0.5) is 0 Å². The minimum absolute atomic E-state index is 0.980. The van der Waals surface area contributed by atoms with E-state index in [9.17, 15) is 16.8 Å². The molecule has 0 saturated carbocycles. The first-order valence-corrected chi connectivity index (χ1v) is 10.6. The first kappa shape index (κ1) is 19.7. The molecule has 0 bridgehead atoms. The van der Waals surface area contributed by atoms with Gasteiger partial charge in [-0.3, -0.25) is 9.11 Å². The molecule has 1 heterocycles. The Morgan fingerprint density at radius 2 is 1.52 bits per heavy atom. The molecule has 23 heavy (non-hydrogen) atoms. The van der Waals surface area contributed by atoms with Crippen LogP contribution in [0.2, 0.25) is 0 Å². The third-order valence-corrected chi connectivity index (χ3v) is 5.28. The van der Waals surface area contributed by atoms with Crippen molar-refractivity contribution in [3.8, 4) is 11.3 Å². The molecule has 0 radical (unpaired) electrons. The molecule has 0 aliphatic rings. The minimum atomic E-state index is -4.30. The van der Waals surface area contributed by atoms with Gasteiger partial charge in [-0.15, -0.1) is 11.3 Å². The van der Waals surface area contributed by atoms with Crippen LogP contribution in [0.25, 0.3) is 11.3 Å². The predicted octanol–water partition coefficient (Wildman–Crippen LogP) is 2.13. The van der Waals surface area contributed by atoms with Gasteiger partial charge < -0.3 is 0 Å². The number of hydrogen-bond donors (Lipinski definition) is 2. The van der Waals surface area contributed by atoms with Crippen molar-refractivity contribution < 1.29 is 25.9 Å². The van der Waals surface area contributed by atoms with Crippen LogP contribution in [-0.2, 0) is 26.7 Å². The van der Waals surface area contributed by atoms with Gasteiger partial charge >= 0.3 is 0 Å². The molecular weight excluding hydrogens is 362 g/mol. The average Bonchev–Trinajstić information content (AvgIpc) is 2.94. The van der Waals surface area contributed by atoms with E-state index >= 15 is 0 Å². The van der Waals surface area contributed by atoms with Gasteiger partial charge in [-0.05, 0) is 6.42 Å². The van der Waals surface area contributed by atoms with Gasteiger partial charge in [0, 0.05) is 10.4 Å². The average molecular weight is 379 g/mol. The molecule has 1 aromatic carbocycles. The predicted molar refractivity (Wildman–Crippen MR) is 89.8 cm³/mol. The summed E-state index contributed by atoms with van der Waals surface area (Å²) in [5.74, 6) is -1.96. The van der Waals surface area contributed by atoms with Crippen molar-refractivity contribution in [1.29, 1.82) is 0 Å². The number of nitrogens with zero attached hydrogens (tertiary/aromatic N) is 1. The molecule has 7 nitrogen and oxygen atoms in total. The second kappa shape index (κ2) is 8.50. The molecule has 0 aliphatic heterocycles. The van der Waals surface area contributed by atoms with Gasteiger partial charge in [0.2, 0.25) is 0 Å². The zero-order valence-electron chi connectivity index (χ0n) is 12.3. The molecule has 2 N–H and O–H groups in total. The van der Waals surface area contributed by atoms with E-state index in [2.05, 4.69) is 24.0 Å². The Hall–Kier alpha value is -1.33. The lowest BCUT2D eigenvalue weighted by Crippen LogP contribution is -2.15. The van der Waals surface area contributed by atoms with E-state index in [-0.39, 0.29) is 0 Å². The number of aromatic nitrogens is 1. The second-order valence-corrected chi connectivity index (χ2v) is 8.50. The van der Waals surface area contributed by atoms with Crippen LogP contribution in [0.15, 0.2) is 35.8 Å². The smallest absolute Gasteiger partial charge is 0.265 e. The maximum absolute atomic E-state index is 9.86. The zero-order chi connectivity index (χ0) is 17.5. The molecule has 0 atom stereocenters. The first-order chi connectivity index (χ1) is 10.6. The normalized spacial score (nSPS) is 11.6. The fraction of sp³-hybridized carbons (Fsp3) is 0.308. The standard InChI is InChI=1S/C11H11NS.C2H6O6S2/c1-2-10-11(12-8-13-10)9-6-4-3-5-7-9;3-9(4,5)1-2-10(6,7)8/h3-8H,2H2,1H3;1-2H2,(H,3,4,5)(H,6,7,8). The fourth-order valence-electron chi connectivity index (χ4n) is 1.56. The van der Waals surface area contributed by atoms with E-state index in [4.69, 9.17) is 9.11 Å². The number of aryl methyl sites for hydroxylation is 1. The van der Waals surface area contributed by atoms with E-state index in [1.54, 1.807) is 11.3 Å². The van der Waals surface area contributed by atoms with Gasteiger partial charge in [0.05, 0.1) is 22.7 Å². The molecule has 10 heteroatoms.